The van der Waals surface area contributed by atoms with Crippen LogP contribution < -0.4 is 5.32 Å². The summed E-state index contributed by atoms with van der Waals surface area (Å²) in [7, 11) is 1.70. The van der Waals surface area contributed by atoms with Gasteiger partial charge in [-0.05, 0) is 37.8 Å². The lowest BCUT2D eigenvalue weighted by Crippen LogP contribution is -2.36. The van der Waals surface area contributed by atoms with E-state index in [-0.39, 0.29) is 5.91 Å². The predicted octanol–water partition coefficient (Wildman–Crippen LogP) is 2.16. The highest BCUT2D eigenvalue weighted by Crippen LogP contribution is 2.14. The van der Waals surface area contributed by atoms with Crippen LogP contribution in [0.5, 0.6) is 0 Å². The molecule has 1 fully saturated rings. The SMILES string of the molecule is COCCCNc1ccnc(C(=O)N2CCCCC2)c1. The highest BCUT2D eigenvalue weighted by atomic mass is 16.5. The van der Waals surface area contributed by atoms with Crippen molar-refractivity contribution in [2.45, 2.75) is 25.7 Å². The molecule has 1 amide bonds. The van der Waals surface area contributed by atoms with Crippen LogP contribution in [0.1, 0.15) is 36.2 Å². The molecule has 0 atom stereocenters. The number of piperidine rings is 1. The molecule has 110 valence electrons. The maximum Gasteiger partial charge on any atom is 0.272 e. The molecular formula is C15H23N3O2. The topological polar surface area (TPSA) is 54.5 Å². The van der Waals surface area contributed by atoms with Crippen molar-refractivity contribution in [2.75, 3.05) is 38.7 Å². The summed E-state index contributed by atoms with van der Waals surface area (Å²) in [4.78, 5) is 18.5. The Morgan fingerprint density at radius 1 is 1.40 bits per heavy atom. The van der Waals surface area contributed by atoms with Crippen LogP contribution in [-0.4, -0.2) is 49.1 Å². The normalized spacial score (nSPS) is 15.2. The van der Waals surface area contributed by atoms with Gasteiger partial charge in [0.2, 0.25) is 0 Å². The number of rotatable bonds is 6. The molecule has 20 heavy (non-hydrogen) atoms. The third-order valence-electron chi connectivity index (χ3n) is 3.48. The first-order chi connectivity index (χ1) is 9.81. The van der Waals surface area contributed by atoms with Gasteiger partial charge in [0, 0.05) is 45.2 Å². The molecule has 0 radical (unpaired) electrons. The predicted molar refractivity (Wildman–Crippen MR) is 79.0 cm³/mol. The highest BCUT2D eigenvalue weighted by Gasteiger charge is 2.19. The van der Waals surface area contributed by atoms with Crippen LogP contribution in [0.15, 0.2) is 18.3 Å². The van der Waals surface area contributed by atoms with Crippen LogP contribution in [0.3, 0.4) is 0 Å². The minimum atomic E-state index is 0.0465. The van der Waals surface area contributed by atoms with Crippen LogP contribution in [0.2, 0.25) is 0 Å². The standard InChI is InChI=1S/C15H23N3O2/c1-20-11-5-7-16-13-6-8-17-14(12-13)15(19)18-9-3-2-4-10-18/h6,8,12H,2-5,7,9-11H2,1H3,(H,16,17). The second-order valence-electron chi connectivity index (χ2n) is 5.06. The molecule has 0 aromatic carbocycles. The van der Waals surface area contributed by atoms with E-state index in [0.29, 0.717) is 5.69 Å². The first-order valence-corrected chi connectivity index (χ1v) is 7.29. The number of methoxy groups -OCH3 is 1. The molecule has 1 aliphatic rings. The Hall–Kier alpha value is -1.62. The van der Waals surface area contributed by atoms with Gasteiger partial charge in [-0.2, -0.15) is 0 Å². The summed E-state index contributed by atoms with van der Waals surface area (Å²) in [5, 5.41) is 3.29. The van der Waals surface area contributed by atoms with Crippen LogP contribution in [0.4, 0.5) is 5.69 Å². The van der Waals surface area contributed by atoms with Crippen molar-refractivity contribution in [1.82, 2.24) is 9.88 Å². The van der Waals surface area contributed by atoms with Crippen LogP contribution in [0.25, 0.3) is 0 Å². The van der Waals surface area contributed by atoms with Gasteiger partial charge in [-0.15, -0.1) is 0 Å². The molecule has 2 heterocycles. The quantitative estimate of drug-likeness (QED) is 0.810. The summed E-state index contributed by atoms with van der Waals surface area (Å²) in [6, 6.07) is 3.73. The number of anilines is 1. The lowest BCUT2D eigenvalue weighted by molar-refractivity contribution is 0.0718. The number of hydrogen-bond acceptors (Lipinski definition) is 4. The Balaban J connectivity index is 1.92. The number of hydrogen-bond donors (Lipinski definition) is 1. The second-order valence-corrected chi connectivity index (χ2v) is 5.06. The van der Waals surface area contributed by atoms with E-state index in [1.54, 1.807) is 13.3 Å². The average Bonchev–Trinajstić information content (AvgIpc) is 2.52. The van der Waals surface area contributed by atoms with Gasteiger partial charge in [0.25, 0.3) is 5.91 Å². The van der Waals surface area contributed by atoms with Gasteiger partial charge in [-0.25, -0.2) is 0 Å². The number of nitrogens with one attached hydrogen (secondary N) is 1. The Labute approximate surface area is 120 Å². The molecule has 2 rings (SSSR count). The zero-order chi connectivity index (χ0) is 14.2. The summed E-state index contributed by atoms with van der Waals surface area (Å²) in [6.45, 7) is 3.27. The summed E-state index contributed by atoms with van der Waals surface area (Å²) in [5.74, 6) is 0.0465. The van der Waals surface area contributed by atoms with E-state index in [1.807, 2.05) is 17.0 Å². The molecule has 1 saturated heterocycles. The Morgan fingerprint density at radius 3 is 2.95 bits per heavy atom. The molecule has 0 aliphatic carbocycles. The number of likely N-dealkylation sites (tertiary alicyclic amines) is 1. The maximum absolute atomic E-state index is 12.3. The van der Waals surface area contributed by atoms with Gasteiger partial charge in [0.05, 0.1) is 0 Å². The monoisotopic (exact) mass is 277 g/mol. The average molecular weight is 277 g/mol. The molecule has 1 N–H and O–H groups in total. The van der Waals surface area contributed by atoms with E-state index in [9.17, 15) is 4.79 Å². The summed E-state index contributed by atoms with van der Waals surface area (Å²) < 4.78 is 5.01. The van der Waals surface area contributed by atoms with E-state index in [4.69, 9.17) is 4.74 Å². The van der Waals surface area contributed by atoms with E-state index in [1.165, 1.54) is 6.42 Å². The lowest BCUT2D eigenvalue weighted by atomic mass is 10.1. The third kappa shape index (κ3) is 4.20. The molecule has 1 aromatic rings. The first kappa shape index (κ1) is 14.8. The number of pyridine rings is 1. The molecule has 0 unspecified atom stereocenters. The molecule has 0 bridgehead atoms. The molecule has 5 heteroatoms. The molecular weight excluding hydrogens is 254 g/mol. The van der Waals surface area contributed by atoms with Gasteiger partial charge in [0.1, 0.15) is 5.69 Å². The van der Waals surface area contributed by atoms with E-state index >= 15 is 0 Å². The van der Waals surface area contributed by atoms with Crippen molar-refractivity contribution < 1.29 is 9.53 Å². The third-order valence-corrected chi connectivity index (χ3v) is 3.48. The van der Waals surface area contributed by atoms with Gasteiger partial charge in [0.15, 0.2) is 0 Å². The van der Waals surface area contributed by atoms with Crippen molar-refractivity contribution in [3.05, 3.63) is 24.0 Å². The van der Waals surface area contributed by atoms with Crippen LogP contribution >= 0.6 is 0 Å². The Kier molecular flexibility index (Phi) is 5.80. The molecule has 0 spiro atoms. The smallest absolute Gasteiger partial charge is 0.272 e. The minimum absolute atomic E-state index is 0.0465. The number of nitrogens with zero attached hydrogens (tertiary/aromatic N) is 2. The Bertz CT molecular complexity index is 431. The summed E-state index contributed by atoms with van der Waals surface area (Å²) >= 11 is 0. The maximum atomic E-state index is 12.3. The van der Waals surface area contributed by atoms with Crippen molar-refractivity contribution in [3.8, 4) is 0 Å². The van der Waals surface area contributed by atoms with Gasteiger partial charge in [-0.3, -0.25) is 9.78 Å². The summed E-state index contributed by atoms with van der Waals surface area (Å²) in [5.41, 5.74) is 1.47. The van der Waals surface area contributed by atoms with Gasteiger partial charge in [-0.1, -0.05) is 0 Å². The molecule has 5 nitrogen and oxygen atoms in total. The molecule has 0 saturated carbocycles. The highest BCUT2D eigenvalue weighted by molar-refractivity contribution is 5.93. The first-order valence-electron chi connectivity index (χ1n) is 7.29. The number of carbonyl (C=O) groups excluding carboxylic acids is 1. The minimum Gasteiger partial charge on any atom is -0.385 e. The fraction of sp³-hybridized carbons (Fsp3) is 0.600. The van der Waals surface area contributed by atoms with E-state index < -0.39 is 0 Å². The summed E-state index contributed by atoms with van der Waals surface area (Å²) in [6.07, 6.45) is 6.05. The number of amides is 1. The fourth-order valence-corrected chi connectivity index (χ4v) is 2.37. The van der Waals surface area contributed by atoms with E-state index in [2.05, 4.69) is 10.3 Å². The van der Waals surface area contributed by atoms with Crippen LogP contribution in [0, 0.1) is 0 Å². The number of ether oxygens (including phenoxy) is 1. The fourth-order valence-electron chi connectivity index (χ4n) is 2.37. The molecule has 1 aromatic heterocycles. The van der Waals surface area contributed by atoms with Crippen molar-refractivity contribution in [3.63, 3.8) is 0 Å². The van der Waals surface area contributed by atoms with Gasteiger partial charge < -0.3 is 15.0 Å². The largest absolute Gasteiger partial charge is 0.385 e. The Morgan fingerprint density at radius 2 is 2.20 bits per heavy atom. The zero-order valence-corrected chi connectivity index (χ0v) is 12.1. The number of carbonyl (C=O) groups is 1. The lowest BCUT2D eigenvalue weighted by Gasteiger charge is -2.26. The van der Waals surface area contributed by atoms with Crippen molar-refractivity contribution >= 4 is 11.6 Å². The van der Waals surface area contributed by atoms with Gasteiger partial charge >= 0.3 is 0 Å². The van der Waals surface area contributed by atoms with E-state index in [0.717, 1.165) is 51.2 Å². The van der Waals surface area contributed by atoms with Crippen molar-refractivity contribution in [1.29, 1.82) is 0 Å². The number of aromatic nitrogens is 1. The molecule has 1 aliphatic heterocycles. The zero-order valence-electron chi connectivity index (χ0n) is 12.1. The van der Waals surface area contributed by atoms with Crippen LogP contribution in [-0.2, 0) is 4.74 Å². The van der Waals surface area contributed by atoms with Crippen molar-refractivity contribution in [2.24, 2.45) is 0 Å². The second kappa shape index (κ2) is 7.85.